The minimum absolute atomic E-state index is 0.526. The van der Waals surface area contributed by atoms with Gasteiger partial charge in [-0.3, -0.25) is 4.98 Å². The van der Waals surface area contributed by atoms with Crippen molar-refractivity contribution in [2.45, 2.75) is 11.9 Å². The lowest BCUT2D eigenvalue weighted by Gasteiger charge is -2.07. The van der Waals surface area contributed by atoms with E-state index in [4.69, 9.17) is 4.74 Å². The summed E-state index contributed by atoms with van der Waals surface area (Å²) in [6.07, 6.45) is 3.56. The van der Waals surface area contributed by atoms with E-state index < -0.39 is 0 Å². The van der Waals surface area contributed by atoms with Crippen LogP contribution in [0.5, 0.6) is 5.75 Å². The zero-order valence-corrected chi connectivity index (χ0v) is 12.2. The number of pyridine rings is 1. The molecule has 2 nitrogen and oxygen atoms in total. The summed E-state index contributed by atoms with van der Waals surface area (Å²) in [6.45, 7) is 0.526. The van der Waals surface area contributed by atoms with E-state index in [0.717, 1.165) is 21.1 Å². The molecule has 0 unspecified atom stereocenters. The lowest BCUT2D eigenvalue weighted by atomic mass is 10.2. The van der Waals surface area contributed by atoms with Crippen molar-refractivity contribution >= 4 is 31.9 Å². The number of benzene rings is 1. The maximum Gasteiger partial charge on any atom is 0.120 e. The Morgan fingerprint density at radius 3 is 2.76 bits per heavy atom. The molecule has 0 N–H and O–H groups in total. The molecular formula is C13H11Br2NO. The van der Waals surface area contributed by atoms with Crippen molar-refractivity contribution in [3.05, 3.63) is 58.3 Å². The molecule has 4 heteroatoms. The molecule has 0 atom stereocenters. The van der Waals surface area contributed by atoms with Crippen molar-refractivity contribution in [1.29, 1.82) is 0 Å². The first-order chi connectivity index (χ1) is 8.28. The van der Waals surface area contributed by atoms with Crippen molar-refractivity contribution in [3.63, 3.8) is 0 Å². The first kappa shape index (κ1) is 12.6. The highest BCUT2D eigenvalue weighted by Gasteiger charge is 1.98. The number of rotatable bonds is 4. The van der Waals surface area contributed by atoms with Crippen LogP contribution in [0.3, 0.4) is 0 Å². The number of halogens is 2. The second-order valence-corrected chi connectivity index (χ2v) is 5.06. The van der Waals surface area contributed by atoms with Crippen molar-refractivity contribution in [2.75, 3.05) is 0 Å². The molecule has 0 amide bonds. The Morgan fingerprint density at radius 1 is 1.12 bits per heavy atom. The van der Waals surface area contributed by atoms with Crippen LogP contribution in [0.1, 0.15) is 11.1 Å². The van der Waals surface area contributed by atoms with Crippen LogP contribution in [0.4, 0.5) is 0 Å². The second kappa shape index (κ2) is 6.17. The van der Waals surface area contributed by atoms with E-state index in [1.165, 1.54) is 5.56 Å². The van der Waals surface area contributed by atoms with E-state index in [1.54, 1.807) is 12.4 Å². The van der Waals surface area contributed by atoms with E-state index in [2.05, 4.69) is 42.9 Å². The molecule has 0 spiro atoms. The van der Waals surface area contributed by atoms with Crippen LogP contribution in [-0.4, -0.2) is 4.98 Å². The fourth-order valence-electron chi connectivity index (χ4n) is 1.42. The number of alkyl halides is 1. The fourth-order valence-corrected chi connectivity index (χ4v) is 2.18. The van der Waals surface area contributed by atoms with Crippen LogP contribution in [-0.2, 0) is 11.9 Å². The molecule has 2 aromatic rings. The SMILES string of the molecule is BrCc1cccc(OCc2cncc(Br)c2)c1. The van der Waals surface area contributed by atoms with Gasteiger partial charge in [0.2, 0.25) is 0 Å². The maximum absolute atomic E-state index is 5.71. The van der Waals surface area contributed by atoms with Gasteiger partial charge in [-0.25, -0.2) is 0 Å². The minimum Gasteiger partial charge on any atom is -0.489 e. The summed E-state index contributed by atoms with van der Waals surface area (Å²) in [5.74, 6) is 0.877. The largest absolute Gasteiger partial charge is 0.489 e. The van der Waals surface area contributed by atoms with Gasteiger partial charge in [0.25, 0.3) is 0 Å². The summed E-state index contributed by atoms with van der Waals surface area (Å²) < 4.78 is 6.67. The molecule has 0 saturated carbocycles. The van der Waals surface area contributed by atoms with Crippen molar-refractivity contribution < 1.29 is 4.74 Å². The predicted octanol–water partition coefficient (Wildman–Crippen LogP) is 4.32. The summed E-state index contributed by atoms with van der Waals surface area (Å²) in [5, 5.41) is 0.836. The molecule has 0 bridgehead atoms. The monoisotopic (exact) mass is 355 g/mol. The molecule has 0 aliphatic heterocycles. The predicted molar refractivity (Wildman–Crippen MR) is 75.3 cm³/mol. The zero-order valence-electron chi connectivity index (χ0n) is 9.07. The van der Waals surface area contributed by atoms with Gasteiger partial charge in [-0.1, -0.05) is 28.1 Å². The second-order valence-electron chi connectivity index (χ2n) is 3.58. The normalized spacial score (nSPS) is 10.2. The van der Waals surface area contributed by atoms with E-state index in [9.17, 15) is 0 Å². The Hall–Kier alpha value is -0.870. The number of nitrogens with zero attached hydrogens (tertiary/aromatic N) is 1. The van der Waals surface area contributed by atoms with Gasteiger partial charge in [0.15, 0.2) is 0 Å². The molecule has 0 aliphatic carbocycles. The van der Waals surface area contributed by atoms with E-state index in [-0.39, 0.29) is 0 Å². The Morgan fingerprint density at radius 2 is 2.00 bits per heavy atom. The first-order valence-electron chi connectivity index (χ1n) is 5.15. The number of hydrogen-bond donors (Lipinski definition) is 0. The molecule has 1 aromatic heterocycles. The zero-order chi connectivity index (χ0) is 12.1. The maximum atomic E-state index is 5.71. The third-order valence-electron chi connectivity index (χ3n) is 2.22. The van der Waals surface area contributed by atoms with Crippen LogP contribution < -0.4 is 4.74 Å². The lowest BCUT2D eigenvalue weighted by molar-refractivity contribution is 0.305. The molecule has 0 fully saturated rings. The third-order valence-corrected chi connectivity index (χ3v) is 3.30. The Bertz CT molecular complexity index is 502. The van der Waals surface area contributed by atoms with Gasteiger partial charge >= 0.3 is 0 Å². The topological polar surface area (TPSA) is 22.1 Å². The summed E-state index contributed by atoms with van der Waals surface area (Å²) in [6, 6.07) is 10.0. The summed E-state index contributed by atoms with van der Waals surface area (Å²) in [7, 11) is 0. The van der Waals surface area contributed by atoms with Crippen LogP contribution in [0.25, 0.3) is 0 Å². The van der Waals surface area contributed by atoms with E-state index in [1.807, 2.05) is 24.3 Å². The molecule has 0 aliphatic rings. The molecular weight excluding hydrogens is 346 g/mol. The number of hydrogen-bond acceptors (Lipinski definition) is 2. The Kier molecular flexibility index (Phi) is 4.57. The molecule has 0 saturated heterocycles. The van der Waals surface area contributed by atoms with Gasteiger partial charge < -0.3 is 4.74 Å². The van der Waals surface area contributed by atoms with Gasteiger partial charge in [0.1, 0.15) is 12.4 Å². The third kappa shape index (κ3) is 3.82. The van der Waals surface area contributed by atoms with Crippen molar-refractivity contribution in [2.24, 2.45) is 0 Å². The minimum atomic E-state index is 0.526. The molecule has 1 heterocycles. The molecule has 1 aromatic carbocycles. The molecule has 0 radical (unpaired) electrons. The highest BCUT2D eigenvalue weighted by atomic mass is 79.9. The van der Waals surface area contributed by atoms with Gasteiger partial charge in [-0.05, 0) is 39.7 Å². The van der Waals surface area contributed by atoms with Crippen LogP contribution >= 0.6 is 31.9 Å². The smallest absolute Gasteiger partial charge is 0.120 e. The van der Waals surface area contributed by atoms with Crippen LogP contribution in [0, 0.1) is 0 Å². The standard InChI is InChI=1S/C13H11Br2NO/c14-6-10-2-1-3-13(5-10)17-9-11-4-12(15)8-16-7-11/h1-5,7-8H,6,9H2. The molecule has 17 heavy (non-hydrogen) atoms. The quantitative estimate of drug-likeness (QED) is 0.761. The fraction of sp³-hybridized carbons (Fsp3) is 0.154. The summed E-state index contributed by atoms with van der Waals surface area (Å²) >= 11 is 6.81. The molecule has 2 rings (SSSR count). The number of aromatic nitrogens is 1. The van der Waals surface area contributed by atoms with Crippen molar-refractivity contribution in [1.82, 2.24) is 4.98 Å². The average Bonchev–Trinajstić information content (AvgIpc) is 2.37. The lowest BCUT2D eigenvalue weighted by Crippen LogP contribution is -1.96. The van der Waals surface area contributed by atoms with Crippen LogP contribution in [0.2, 0.25) is 0 Å². The van der Waals surface area contributed by atoms with E-state index in [0.29, 0.717) is 6.61 Å². The summed E-state index contributed by atoms with van der Waals surface area (Å²) in [4.78, 5) is 4.10. The average molecular weight is 357 g/mol. The highest BCUT2D eigenvalue weighted by molar-refractivity contribution is 9.10. The Labute approximate surface area is 117 Å². The van der Waals surface area contributed by atoms with Crippen LogP contribution in [0.15, 0.2) is 47.2 Å². The number of ether oxygens (including phenoxy) is 1. The Balaban J connectivity index is 2.02. The van der Waals surface area contributed by atoms with E-state index >= 15 is 0 Å². The summed E-state index contributed by atoms with van der Waals surface area (Å²) in [5.41, 5.74) is 2.25. The van der Waals surface area contributed by atoms with Gasteiger partial charge in [-0.2, -0.15) is 0 Å². The first-order valence-corrected chi connectivity index (χ1v) is 7.06. The van der Waals surface area contributed by atoms with Gasteiger partial charge in [-0.15, -0.1) is 0 Å². The molecule has 88 valence electrons. The highest BCUT2D eigenvalue weighted by Crippen LogP contribution is 2.17. The van der Waals surface area contributed by atoms with Gasteiger partial charge in [0, 0.05) is 27.8 Å². The van der Waals surface area contributed by atoms with Gasteiger partial charge in [0.05, 0.1) is 0 Å². The van der Waals surface area contributed by atoms with Crippen molar-refractivity contribution in [3.8, 4) is 5.75 Å².